The summed E-state index contributed by atoms with van der Waals surface area (Å²) in [6.45, 7) is -0.0680. The molecule has 3 nitrogen and oxygen atoms in total. The molecular weight excluding hydrogens is 337 g/mol. The minimum atomic E-state index is -0.554. The van der Waals surface area contributed by atoms with Crippen molar-refractivity contribution in [1.82, 2.24) is 5.32 Å². The van der Waals surface area contributed by atoms with Gasteiger partial charge in [-0.15, -0.1) is 0 Å². The number of hydrogen-bond acceptors (Lipinski definition) is 2. The molecular formula is C16H15BrFNO2. The highest BCUT2D eigenvalue weighted by molar-refractivity contribution is 9.10. The van der Waals surface area contributed by atoms with E-state index in [0.717, 1.165) is 5.56 Å². The molecule has 0 aliphatic heterocycles. The monoisotopic (exact) mass is 351 g/mol. The van der Waals surface area contributed by atoms with Crippen LogP contribution in [0.1, 0.15) is 17.2 Å². The van der Waals surface area contributed by atoms with E-state index < -0.39 is 6.04 Å². The zero-order valence-corrected chi connectivity index (χ0v) is 13.1. The van der Waals surface area contributed by atoms with Crippen molar-refractivity contribution in [3.8, 4) is 0 Å². The second kappa shape index (κ2) is 7.33. The molecule has 0 spiro atoms. The standard InChI is InChI=1S/C16H15BrFNO2/c1-21-10-15(20)19-16(11-5-3-2-4-6-11)13-8-7-12(17)9-14(13)18/h2-9,16H,10H2,1H3,(H,19,20)/t16-/m1/s1. The van der Waals surface area contributed by atoms with Crippen LogP contribution in [0.3, 0.4) is 0 Å². The van der Waals surface area contributed by atoms with Crippen LogP contribution in [0.25, 0.3) is 0 Å². The lowest BCUT2D eigenvalue weighted by atomic mass is 9.98. The van der Waals surface area contributed by atoms with Crippen molar-refractivity contribution in [3.05, 3.63) is 69.9 Å². The van der Waals surface area contributed by atoms with E-state index in [4.69, 9.17) is 4.74 Å². The number of halogens is 2. The van der Waals surface area contributed by atoms with Crippen molar-refractivity contribution >= 4 is 21.8 Å². The van der Waals surface area contributed by atoms with E-state index in [1.807, 2.05) is 30.3 Å². The van der Waals surface area contributed by atoms with Gasteiger partial charge in [-0.05, 0) is 17.7 Å². The first-order valence-electron chi connectivity index (χ1n) is 6.40. The zero-order chi connectivity index (χ0) is 15.2. The summed E-state index contributed by atoms with van der Waals surface area (Å²) in [6.07, 6.45) is 0. The number of amides is 1. The Morgan fingerprint density at radius 2 is 2.00 bits per heavy atom. The number of ether oxygens (including phenoxy) is 1. The van der Waals surface area contributed by atoms with Crippen molar-refractivity contribution in [2.75, 3.05) is 13.7 Å². The molecule has 2 rings (SSSR count). The zero-order valence-electron chi connectivity index (χ0n) is 11.5. The van der Waals surface area contributed by atoms with Gasteiger partial charge in [0, 0.05) is 17.1 Å². The lowest BCUT2D eigenvalue weighted by Crippen LogP contribution is -2.32. The molecule has 0 bridgehead atoms. The van der Waals surface area contributed by atoms with Gasteiger partial charge in [-0.1, -0.05) is 52.3 Å². The second-order valence-corrected chi connectivity index (χ2v) is 5.43. The van der Waals surface area contributed by atoms with E-state index in [0.29, 0.717) is 10.0 Å². The number of methoxy groups -OCH3 is 1. The number of nitrogens with one attached hydrogen (secondary N) is 1. The molecule has 0 saturated carbocycles. The molecule has 0 aromatic heterocycles. The molecule has 0 aliphatic rings. The Balaban J connectivity index is 2.38. The molecule has 0 fully saturated rings. The van der Waals surface area contributed by atoms with Crippen molar-refractivity contribution in [2.45, 2.75) is 6.04 Å². The van der Waals surface area contributed by atoms with Gasteiger partial charge in [0.25, 0.3) is 0 Å². The maximum absolute atomic E-state index is 14.2. The molecule has 0 radical (unpaired) electrons. The van der Waals surface area contributed by atoms with E-state index in [1.165, 1.54) is 13.2 Å². The summed E-state index contributed by atoms with van der Waals surface area (Å²) >= 11 is 3.23. The topological polar surface area (TPSA) is 38.3 Å². The summed E-state index contributed by atoms with van der Waals surface area (Å²) in [5.41, 5.74) is 1.22. The van der Waals surface area contributed by atoms with Gasteiger partial charge in [-0.3, -0.25) is 4.79 Å². The molecule has 0 heterocycles. The van der Waals surface area contributed by atoms with E-state index in [1.54, 1.807) is 12.1 Å². The molecule has 0 saturated heterocycles. The molecule has 1 amide bonds. The van der Waals surface area contributed by atoms with Gasteiger partial charge < -0.3 is 10.1 Å². The number of carbonyl (C=O) groups excluding carboxylic acids is 1. The van der Waals surface area contributed by atoms with Crippen LogP contribution in [-0.2, 0) is 9.53 Å². The maximum atomic E-state index is 14.2. The summed E-state index contributed by atoms with van der Waals surface area (Å²) in [7, 11) is 1.44. The largest absolute Gasteiger partial charge is 0.375 e. The fraction of sp³-hybridized carbons (Fsp3) is 0.188. The highest BCUT2D eigenvalue weighted by Crippen LogP contribution is 2.26. The van der Waals surface area contributed by atoms with Gasteiger partial charge in [0.05, 0.1) is 6.04 Å². The molecule has 0 aliphatic carbocycles. The lowest BCUT2D eigenvalue weighted by Gasteiger charge is -2.20. The smallest absolute Gasteiger partial charge is 0.246 e. The number of hydrogen-bond donors (Lipinski definition) is 1. The highest BCUT2D eigenvalue weighted by atomic mass is 79.9. The SMILES string of the molecule is COCC(=O)N[C@H](c1ccccc1)c1ccc(Br)cc1F. The molecule has 0 unspecified atom stereocenters. The number of benzene rings is 2. The molecule has 1 atom stereocenters. The van der Waals surface area contributed by atoms with Crippen LogP contribution in [0, 0.1) is 5.82 Å². The Hall–Kier alpha value is -1.72. The molecule has 21 heavy (non-hydrogen) atoms. The van der Waals surface area contributed by atoms with Crippen LogP contribution in [0.15, 0.2) is 53.0 Å². The van der Waals surface area contributed by atoms with Crippen molar-refractivity contribution in [2.24, 2.45) is 0 Å². The predicted molar refractivity (Wildman–Crippen MR) is 82.4 cm³/mol. The average Bonchev–Trinajstić information content (AvgIpc) is 2.47. The lowest BCUT2D eigenvalue weighted by molar-refractivity contribution is -0.125. The Morgan fingerprint density at radius 3 is 2.62 bits per heavy atom. The predicted octanol–water partition coefficient (Wildman–Crippen LogP) is 3.44. The van der Waals surface area contributed by atoms with E-state index >= 15 is 0 Å². The van der Waals surface area contributed by atoms with E-state index in [9.17, 15) is 9.18 Å². The van der Waals surface area contributed by atoms with Crippen molar-refractivity contribution in [1.29, 1.82) is 0 Å². The van der Waals surface area contributed by atoms with Crippen molar-refractivity contribution in [3.63, 3.8) is 0 Å². The van der Waals surface area contributed by atoms with Gasteiger partial charge in [0.2, 0.25) is 5.91 Å². The van der Waals surface area contributed by atoms with E-state index in [2.05, 4.69) is 21.2 Å². The van der Waals surface area contributed by atoms with Crippen molar-refractivity contribution < 1.29 is 13.9 Å². The summed E-state index contributed by atoms with van der Waals surface area (Å²) in [5.74, 6) is -0.676. The molecule has 5 heteroatoms. The Labute approximate surface area is 131 Å². The van der Waals surface area contributed by atoms with Crippen LogP contribution in [-0.4, -0.2) is 19.6 Å². The fourth-order valence-electron chi connectivity index (χ4n) is 2.06. The quantitative estimate of drug-likeness (QED) is 0.895. The summed E-state index contributed by atoms with van der Waals surface area (Å²) in [4.78, 5) is 11.8. The number of rotatable bonds is 5. The van der Waals surface area contributed by atoms with Crippen LogP contribution >= 0.6 is 15.9 Å². The molecule has 2 aromatic rings. The Kier molecular flexibility index (Phi) is 5.47. The first-order chi connectivity index (χ1) is 10.1. The van der Waals surface area contributed by atoms with Crippen LogP contribution in [0.2, 0.25) is 0 Å². The van der Waals surface area contributed by atoms with E-state index in [-0.39, 0.29) is 18.3 Å². The molecule has 110 valence electrons. The minimum Gasteiger partial charge on any atom is -0.375 e. The highest BCUT2D eigenvalue weighted by Gasteiger charge is 2.20. The first kappa shape index (κ1) is 15.7. The van der Waals surface area contributed by atoms with Gasteiger partial charge in [0.15, 0.2) is 0 Å². The summed E-state index contributed by atoms with van der Waals surface area (Å²) in [6, 6.07) is 13.5. The Bertz CT molecular complexity index is 619. The third-order valence-corrected chi connectivity index (χ3v) is 3.48. The normalized spacial score (nSPS) is 12.0. The average molecular weight is 352 g/mol. The van der Waals surface area contributed by atoms with Gasteiger partial charge in [-0.25, -0.2) is 4.39 Å². The third kappa shape index (κ3) is 4.12. The summed E-state index contributed by atoms with van der Waals surface area (Å²) < 4.78 is 19.7. The minimum absolute atomic E-state index is 0.0680. The fourth-order valence-corrected chi connectivity index (χ4v) is 2.39. The van der Waals surface area contributed by atoms with Crippen LogP contribution < -0.4 is 5.32 Å². The number of carbonyl (C=O) groups is 1. The van der Waals surface area contributed by atoms with Crippen LogP contribution in [0.5, 0.6) is 0 Å². The Morgan fingerprint density at radius 1 is 1.29 bits per heavy atom. The second-order valence-electron chi connectivity index (χ2n) is 4.51. The maximum Gasteiger partial charge on any atom is 0.246 e. The summed E-state index contributed by atoms with van der Waals surface area (Å²) in [5, 5.41) is 2.79. The van der Waals surface area contributed by atoms with Gasteiger partial charge in [-0.2, -0.15) is 0 Å². The van der Waals surface area contributed by atoms with Crippen LogP contribution in [0.4, 0.5) is 4.39 Å². The third-order valence-electron chi connectivity index (χ3n) is 2.99. The molecule has 1 N–H and O–H groups in total. The van der Waals surface area contributed by atoms with Gasteiger partial charge >= 0.3 is 0 Å². The van der Waals surface area contributed by atoms with Gasteiger partial charge in [0.1, 0.15) is 12.4 Å². The first-order valence-corrected chi connectivity index (χ1v) is 7.19. The molecule has 2 aromatic carbocycles.